The van der Waals surface area contributed by atoms with Crippen LogP contribution in [0.4, 0.5) is 0 Å². The Morgan fingerprint density at radius 3 is 2.76 bits per heavy atom. The van der Waals surface area contributed by atoms with Crippen LogP contribution in [0.1, 0.15) is 23.4 Å². The van der Waals surface area contributed by atoms with Crippen LogP contribution < -0.4 is 5.56 Å². The van der Waals surface area contributed by atoms with Gasteiger partial charge in [0, 0.05) is 30.0 Å². The molecule has 0 fully saturated rings. The lowest BCUT2D eigenvalue weighted by Crippen LogP contribution is -2.37. The Bertz CT molecular complexity index is 898. The van der Waals surface area contributed by atoms with E-state index >= 15 is 0 Å². The van der Waals surface area contributed by atoms with E-state index in [0.717, 1.165) is 48.4 Å². The molecule has 0 amide bonds. The summed E-state index contributed by atoms with van der Waals surface area (Å²) in [7, 11) is 2.12. The lowest BCUT2D eigenvalue weighted by molar-refractivity contribution is 0.211. The zero-order valence-corrected chi connectivity index (χ0v) is 14.4. The zero-order valence-electron chi connectivity index (χ0n) is 14.4. The van der Waals surface area contributed by atoms with Gasteiger partial charge in [-0.05, 0) is 50.6 Å². The first-order valence-corrected chi connectivity index (χ1v) is 8.70. The van der Waals surface area contributed by atoms with E-state index < -0.39 is 0 Å². The third kappa shape index (κ3) is 3.15. The highest BCUT2D eigenvalue weighted by molar-refractivity contribution is 5.34. The number of rotatable bonds is 4. The van der Waals surface area contributed by atoms with Crippen LogP contribution in [0, 0.1) is 0 Å². The zero-order chi connectivity index (χ0) is 17.2. The van der Waals surface area contributed by atoms with Crippen LogP contribution in [0.2, 0.25) is 0 Å². The van der Waals surface area contributed by atoms with Gasteiger partial charge in [0.25, 0.3) is 5.56 Å². The van der Waals surface area contributed by atoms with Gasteiger partial charge in [0.05, 0.1) is 11.4 Å². The Hall–Kier alpha value is -2.66. The van der Waals surface area contributed by atoms with E-state index in [1.807, 2.05) is 54.7 Å². The third-order valence-electron chi connectivity index (χ3n) is 5.01. The Morgan fingerprint density at radius 1 is 1.20 bits per heavy atom. The average molecular weight is 334 g/mol. The molecule has 1 aromatic carbocycles. The normalized spacial score (nSPS) is 16.8. The van der Waals surface area contributed by atoms with Gasteiger partial charge < -0.3 is 0 Å². The number of aromatic nitrogens is 3. The van der Waals surface area contributed by atoms with Crippen molar-refractivity contribution in [3.8, 4) is 5.69 Å². The fourth-order valence-corrected chi connectivity index (χ4v) is 3.59. The van der Waals surface area contributed by atoms with Gasteiger partial charge >= 0.3 is 0 Å². The number of H-pyrrole nitrogens is 1. The quantitative estimate of drug-likeness (QED) is 0.798. The first kappa shape index (κ1) is 15.8. The molecule has 2 aromatic heterocycles. The molecule has 0 bridgehead atoms. The highest BCUT2D eigenvalue weighted by atomic mass is 16.1. The number of nitrogens with one attached hydrogen (secondary N) is 1. The minimum atomic E-state index is 0.0807. The van der Waals surface area contributed by atoms with E-state index in [4.69, 9.17) is 0 Å². The van der Waals surface area contributed by atoms with Crippen molar-refractivity contribution >= 4 is 0 Å². The fourth-order valence-electron chi connectivity index (χ4n) is 3.59. The molecular formula is C20H22N4O. The van der Waals surface area contributed by atoms with E-state index in [1.165, 1.54) is 0 Å². The van der Waals surface area contributed by atoms with Crippen LogP contribution in [0.25, 0.3) is 5.69 Å². The number of aromatic amines is 1. The van der Waals surface area contributed by atoms with Crippen molar-refractivity contribution in [1.82, 2.24) is 19.7 Å². The molecule has 1 aliphatic rings. The number of aryl methyl sites for hydroxylation is 1. The van der Waals surface area contributed by atoms with Crippen molar-refractivity contribution in [3.63, 3.8) is 0 Å². The van der Waals surface area contributed by atoms with Gasteiger partial charge in [0.2, 0.25) is 0 Å². The Kier molecular flexibility index (Phi) is 4.24. The lowest BCUT2D eigenvalue weighted by Gasteiger charge is -2.30. The summed E-state index contributed by atoms with van der Waals surface area (Å²) < 4.78 is 1.67. The summed E-state index contributed by atoms with van der Waals surface area (Å²) in [6, 6.07) is 16.1. The number of pyridine rings is 1. The number of benzene rings is 1. The van der Waals surface area contributed by atoms with Crippen LogP contribution in [0.5, 0.6) is 0 Å². The maximum absolute atomic E-state index is 12.8. The molecule has 4 rings (SSSR count). The van der Waals surface area contributed by atoms with Gasteiger partial charge in [-0.25, -0.2) is 4.68 Å². The molecule has 2 heterocycles. The molecule has 1 N–H and O–H groups in total. The SMILES string of the molecule is CN(Cc1ccccn1)C1CCc2[nH]n(-c3ccccc3)c(=O)c2C1. The van der Waals surface area contributed by atoms with Crippen molar-refractivity contribution < 1.29 is 0 Å². The monoisotopic (exact) mass is 334 g/mol. The van der Waals surface area contributed by atoms with E-state index in [0.29, 0.717) is 6.04 Å². The second kappa shape index (κ2) is 6.69. The maximum atomic E-state index is 12.8. The molecule has 1 atom stereocenters. The van der Waals surface area contributed by atoms with Gasteiger partial charge in [-0.15, -0.1) is 0 Å². The summed E-state index contributed by atoms with van der Waals surface area (Å²) in [6.07, 6.45) is 4.56. The molecule has 0 aliphatic heterocycles. The van der Waals surface area contributed by atoms with Crippen LogP contribution in [-0.4, -0.2) is 32.8 Å². The third-order valence-corrected chi connectivity index (χ3v) is 5.01. The molecule has 3 aromatic rings. The van der Waals surface area contributed by atoms with Crippen molar-refractivity contribution in [2.75, 3.05) is 7.05 Å². The molecule has 25 heavy (non-hydrogen) atoms. The molecule has 0 radical (unpaired) electrons. The Balaban J connectivity index is 1.55. The topological polar surface area (TPSA) is 53.9 Å². The van der Waals surface area contributed by atoms with Gasteiger partial charge in [0.15, 0.2) is 0 Å². The number of likely N-dealkylation sites (N-methyl/N-ethyl adjacent to an activating group) is 1. The first-order valence-electron chi connectivity index (χ1n) is 8.70. The van der Waals surface area contributed by atoms with Crippen molar-refractivity contribution in [3.05, 3.63) is 82.0 Å². The van der Waals surface area contributed by atoms with Gasteiger partial charge in [-0.1, -0.05) is 24.3 Å². The molecule has 5 heteroatoms. The van der Waals surface area contributed by atoms with Crippen LogP contribution in [-0.2, 0) is 19.4 Å². The molecule has 128 valence electrons. The Morgan fingerprint density at radius 2 is 2.00 bits per heavy atom. The summed E-state index contributed by atoms with van der Waals surface area (Å²) in [4.78, 5) is 19.6. The smallest absolute Gasteiger partial charge is 0.274 e. The molecule has 0 saturated carbocycles. The molecule has 0 saturated heterocycles. The largest absolute Gasteiger partial charge is 0.297 e. The van der Waals surface area contributed by atoms with E-state index in [1.54, 1.807) is 4.68 Å². The van der Waals surface area contributed by atoms with Crippen molar-refractivity contribution in [2.45, 2.75) is 31.8 Å². The van der Waals surface area contributed by atoms with E-state index in [2.05, 4.69) is 22.0 Å². The van der Waals surface area contributed by atoms with Gasteiger partial charge in [0.1, 0.15) is 0 Å². The van der Waals surface area contributed by atoms with Gasteiger partial charge in [-0.3, -0.25) is 19.8 Å². The summed E-state index contributed by atoms with van der Waals surface area (Å²) in [5, 5.41) is 3.30. The standard InChI is InChI=1S/C20H22N4O/c1-23(14-15-7-5-6-12-21-15)17-10-11-19-18(13-17)20(25)24(22-19)16-8-3-2-4-9-16/h2-9,12,17,22H,10-11,13-14H2,1H3. The predicted octanol–water partition coefficient (Wildman–Crippen LogP) is 2.55. The van der Waals surface area contributed by atoms with E-state index in [-0.39, 0.29) is 5.56 Å². The highest BCUT2D eigenvalue weighted by Gasteiger charge is 2.27. The highest BCUT2D eigenvalue weighted by Crippen LogP contribution is 2.22. The van der Waals surface area contributed by atoms with Crippen LogP contribution in [0.15, 0.2) is 59.5 Å². The van der Waals surface area contributed by atoms with Crippen LogP contribution in [0.3, 0.4) is 0 Å². The number of fused-ring (bicyclic) bond motifs is 1. The van der Waals surface area contributed by atoms with Crippen molar-refractivity contribution in [2.24, 2.45) is 0 Å². The number of para-hydroxylation sites is 1. The molecule has 1 aliphatic carbocycles. The summed E-state index contributed by atoms with van der Waals surface area (Å²) >= 11 is 0. The van der Waals surface area contributed by atoms with E-state index in [9.17, 15) is 4.79 Å². The average Bonchev–Trinajstić information content (AvgIpc) is 2.99. The molecule has 1 unspecified atom stereocenters. The minimum absolute atomic E-state index is 0.0807. The Labute approximate surface area is 146 Å². The second-order valence-corrected chi connectivity index (χ2v) is 6.68. The number of hydrogen-bond donors (Lipinski definition) is 1. The maximum Gasteiger partial charge on any atom is 0.274 e. The molecule has 0 spiro atoms. The van der Waals surface area contributed by atoms with Gasteiger partial charge in [-0.2, -0.15) is 0 Å². The molecule has 5 nitrogen and oxygen atoms in total. The second-order valence-electron chi connectivity index (χ2n) is 6.68. The molecular weight excluding hydrogens is 312 g/mol. The number of hydrogen-bond acceptors (Lipinski definition) is 3. The van der Waals surface area contributed by atoms with Crippen LogP contribution >= 0.6 is 0 Å². The minimum Gasteiger partial charge on any atom is -0.297 e. The summed E-state index contributed by atoms with van der Waals surface area (Å²) in [5.74, 6) is 0. The summed E-state index contributed by atoms with van der Waals surface area (Å²) in [6.45, 7) is 0.804. The fraction of sp³-hybridized carbons (Fsp3) is 0.300. The first-order chi connectivity index (χ1) is 12.2. The summed E-state index contributed by atoms with van der Waals surface area (Å²) in [5.41, 5.74) is 4.04. The van der Waals surface area contributed by atoms with Crippen molar-refractivity contribution in [1.29, 1.82) is 0 Å². The predicted molar refractivity (Wildman–Crippen MR) is 97.9 cm³/mol. The lowest BCUT2D eigenvalue weighted by atomic mass is 9.92. The number of nitrogens with zero attached hydrogens (tertiary/aromatic N) is 3.